The van der Waals surface area contributed by atoms with Crippen molar-refractivity contribution in [1.29, 1.82) is 0 Å². The van der Waals surface area contributed by atoms with Crippen LogP contribution in [0.3, 0.4) is 0 Å². The highest BCUT2D eigenvalue weighted by atomic mass is 16.3. The van der Waals surface area contributed by atoms with Gasteiger partial charge in [-0.15, -0.1) is 0 Å². The van der Waals surface area contributed by atoms with E-state index in [9.17, 15) is 0 Å². The second-order valence-electron chi connectivity index (χ2n) is 8.01. The summed E-state index contributed by atoms with van der Waals surface area (Å²) in [5.74, 6) is 0. The Morgan fingerprint density at radius 2 is 1.75 bits per heavy atom. The van der Waals surface area contributed by atoms with Crippen LogP contribution in [0.5, 0.6) is 0 Å². The predicted molar refractivity (Wildman–Crippen MR) is 98.0 cm³/mol. The molecule has 0 amide bonds. The highest BCUT2D eigenvalue weighted by Crippen LogP contribution is 2.54. The summed E-state index contributed by atoms with van der Waals surface area (Å²) in [5.41, 5.74) is 5.12. The van der Waals surface area contributed by atoms with Crippen molar-refractivity contribution >= 4 is 21.9 Å². The highest BCUT2D eigenvalue weighted by Gasteiger charge is 2.51. The zero-order valence-electron chi connectivity index (χ0n) is 14.6. The number of benzene rings is 2. The molecule has 0 atom stereocenters. The van der Waals surface area contributed by atoms with Gasteiger partial charge in [0, 0.05) is 21.7 Å². The average molecular weight is 317 g/mol. The number of rotatable bonds is 1. The number of hydrogen-bond acceptors (Lipinski definition) is 2. The van der Waals surface area contributed by atoms with Gasteiger partial charge in [0.25, 0.3) is 0 Å². The molecule has 0 spiro atoms. The zero-order valence-corrected chi connectivity index (χ0v) is 14.6. The first-order valence-corrected chi connectivity index (χ1v) is 8.95. The van der Waals surface area contributed by atoms with Gasteiger partial charge in [0.2, 0.25) is 0 Å². The Kier molecular flexibility index (Phi) is 2.81. The molecule has 2 heteroatoms. The molecule has 3 aliphatic rings. The van der Waals surface area contributed by atoms with E-state index in [4.69, 9.17) is 4.42 Å². The van der Waals surface area contributed by atoms with Crippen LogP contribution in [0.2, 0.25) is 0 Å². The molecule has 2 saturated heterocycles. The lowest BCUT2D eigenvalue weighted by molar-refractivity contribution is 0.0161. The van der Waals surface area contributed by atoms with Crippen molar-refractivity contribution in [2.45, 2.75) is 50.5 Å². The van der Waals surface area contributed by atoms with Crippen molar-refractivity contribution < 1.29 is 4.42 Å². The molecule has 3 aromatic rings. The molecule has 0 unspecified atom stereocenters. The molecular weight excluding hydrogens is 294 g/mol. The van der Waals surface area contributed by atoms with E-state index in [2.05, 4.69) is 62.7 Å². The lowest BCUT2D eigenvalue weighted by Gasteiger charge is -2.57. The van der Waals surface area contributed by atoms with Crippen molar-refractivity contribution in [3.8, 4) is 0 Å². The second kappa shape index (κ2) is 4.64. The smallest absolute Gasteiger partial charge is 0.135 e. The fourth-order valence-electron chi connectivity index (χ4n) is 4.84. The quantitative estimate of drug-likeness (QED) is 0.593. The van der Waals surface area contributed by atoms with Crippen LogP contribution in [0.25, 0.3) is 21.9 Å². The number of furan rings is 1. The predicted octanol–water partition coefficient (Wildman–Crippen LogP) is 5.45. The van der Waals surface area contributed by atoms with Gasteiger partial charge in [-0.05, 0) is 75.9 Å². The Morgan fingerprint density at radius 3 is 2.50 bits per heavy atom. The second-order valence-corrected chi connectivity index (χ2v) is 8.01. The monoisotopic (exact) mass is 317 g/mol. The first-order chi connectivity index (χ1) is 11.5. The summed E-state index contributed by atoms with van der Waals surface area (Å²) >= 11 is 0. The molecule has 1 aliphatic carbocycles. The molecule has 0 N–H and O–H groups in total. The van der Waals surface area contributed by atoms with Crippen molar-refractivity contribution in [3.63, 3.8) is 0 Å². The van der Waals surface area contributed by atoms with Gasteiger partial charge in [0.1, 0.15) is 11.2 Å². The minimum Gasteiger partial charge on any atom is -0.456 e. The van der Waals surface area contributed by atoms with Gasteiger partial charge in [-0.1, -0.05) is 18.2 Å². The van der Waals surface area contributed by atoms with Crippen molar-refractivity contribution in [2.75, 3.05) is 7.05 Å². The minimum atomic E-state index is 0.0726. The molecule has 24 heavy (non-hydrogen) atoms. The van der Waals surface area contributed by atoms with E-state index in [1.54, 1.807) is 0 Å². The first kappa shape index (κ1) is 14.5. The van der Waals surface area contributed by atoms with E-state index in [1.807, 2.05) is 6.07 Å². The standard InChI is InChI=1S/C22H23NO/c1-15-12-20-17(16-6-4-5-7-19(16)24-20)13-18(15)22-10-8-21(2,9-11-22)23(3)14-22/h4-7,12-13H,8-11H2,1-3H3. The number of para-hydroxylation sites is 1. The Balaban J connectivity index is 1.72. The average Bonchev–Trinajstić information content (AvgIpc) is 2.93. The van der Waals surface area contributed by atoms with Gasteiger partial charge >= 0.3 is 0 Å². The molecule has 6 rings (SSSR count). The first-order valence-electron chi connectivity index (χ1n) is 8.95. The molecule has 122 valence electrons. The van der Waals surface area contributed by atoms with Crippen LogP contribution in [-0.2, 0) is 5.41 Å². The Hall–Kier alpha value is -1.80. The molecular formula is C22H23NO. The number of nitrogens with zero attached hydrogens (tertiary/aromatic N) is 1. The summed E-state index contributed by atoms with van der Waals surface area (Å²) in [6.45, 7) is 8.44. The van der Waals surface area contributed by atoms with Crippen LogP contribution < -0.4 is 0 Å². The summed E-state index contributed by atoms with van der Waals surface area (Å²) in [4.78, 5) is 2.36. The number of fused-ring (bicyclic) bond motifs is 6. The van der Waals surface area contributed by atoms with Crippen LogP contribution >= 0.6 is 0 Å². The van der Waals surface area contributed by atoms with Gasteiger partial charge < -0.3 is 4.42 Å². The minimum absolute atomic E-state index is 0.0726. The van der Waals surface area contributed by atoms with Crippen molar-refractivity contribution in [2.24, 2.45) is 0 Å². The topological polar surface area (TPSA) is 16.4 Å². The number of hydrogen-bond donors (Lipinski definition) is 0. The van der Waals surface area contributed by atoms with E-state index in [-0.39, 0.29) is 5.41 Å². The molecule has 2 radical (unpaired) electrons. The van der Waals surface area contributed by atoms with Crippen LogP contribution in [0, 0.1) is 13.5 Å². The largest absolute Gasteiger partial charge is 0.456 e. The summed E-state index contributed by atoms with van der Waals surface area (Å²) in [7, 11) is 2.20. The number of likely N-dealkylation sites (N-methyl/N-ethyl adjacent to an activating group) is 1. The van der Waals surface area contributed by atoms with Gasteiger partial charge in [-0.2, -0.15) is 0 Å². The van der Waals surface area contributed by atoms with Crippen LogP contribution in [0.1, 0.15) is 43.7 Å². The molecule has 2 nitrogen and oxygen atoms in total. The van der Waals surface area contributed by atoms with Crippen LogP contribution in [-0.4, -0.2) is 17.5 Å². The van der Waals surface area contributed by atoms with Crippen molar-refractivity contribution in [1.82, 2.24) is 4.90 Å². The molecule has 2 aromatic carbocycles. The molecule has 2 bridgehead atoms. The Bertz CT molecular complexity index is 943. The summed E-state index contributed by atoms with van der Waals surface area (Å²) in [6.07, 6.45) is 4.91. The SMILES string of the molecule is Cc1cc2oc3ccccc3c2cc1C12[C]N(C)C(C)(CC1)CC2. The van der Waals surface area contributed by atoms with Crippen molar-refractivity contribution in [3.05, 3.63) is 54.1 Å². The summed E-state index contributed by atoms with van der Waals surface area (Å²) in [6, 6.07) is 13.0. The Labute approximate surface area is 143 Å². The van der Waals surface area contributed by atoms with Gasteiger partial charge in [-0.3, -0.25) is 4.90 Å². The zero-order chi connectivity index (χ0) is 16.5. The summed E-state index contributed by atoms with van der Waals surface area (Å²) < 4.78 is 6.06. The van der Waals surface area contributed by atoms with E-state index >= 15 is 0 Å². The molecule has 2 aliphatic heterocycles. The van der Waals surface area contributed by atoms with Crippen LogP contribution in [0.15, 0.2) is 40.8 Å². The molecule has 1 saturated carbocycles. The van der Waals surface area contributed by atoms with E-state index in [1.165, 1.54) is 47.6 Å². The van der Waals surface area contributed by atoms with E-state index in [0.717, 1.165) is 11.2 Å². The third-order valence-electron chi connectivity index (χ3n) is 6.61. The third-order valence-corrected chi connectivity index (χ3v) is 6.61. The normalized spacial score (nSPS) is 30.5. The lowest BCUT2D eigenvalue weighted by Crippen LogP contribution is -2.58. The maximum absolute atomic E-state index is 6.06. The van der Waals surface area contributed by atoms with Gasteiger partial charge in [-0.25, -0.2) is 0 Å². The maximum atomic E-state index is 6.06. The van der Waals surface area contributed by atoms with E-state index < -0.39 is 0 Å². The summed E-state index contributed by atoms with van der Waals surface area (Å²) in [5, 5.41) is 2.46. The maximum Gasteiger partial charge on any atom is 0.135 e. The number of aryl methyl sites for hydroxylation is 1. The molecule has 3 fully saturated rings. The van der Waals surface area contributed by atoms with Gasteiger partial charge in [0.05, 0.1) is 6.54 Å². The van der Waals surface area contributed by atoms with E-state index in [0.29, 0.717) is 5.54 Å². The highest BCUT2D eigenvalue weighted by molar-refractivity contribution is 6.05. The van der Waals surface area contributed by atoms with Gasteiger partial charge in [0.15, 0.2) is 0 Å². The fourth-order valence-corrected chi connectivity index (χ4v) is 4.84. The molecule has 3 heterocycles. The molecule has 1 aromatic heterocycles. The van der Waals surface area contributed by atoms with Crippen LogP contribution in [0.4, 0.5) is 0 Å². The fraction of sp³-hybridized carbons (Fsp3) is 0.409. The third kappa shape index (κ3) is 1.81. The Morgan fingerprint density at radius 1 is 1.00 bits per heavy atom. The lowest BCUT2D eigenvalue weighted by atomic mass is 9.59. The number of piperidine rings is 2.